The molecule has 2 heterocycles. The number of nitrogens with zero attached hydrogens (tertiary/aromatic N) is 3. The van der Waals surface area contributed by atoms with Crippen molar-refractivity contribution in [2.45, 2.75) is 13.5 Å². The Kier molecular flexibility index (Phi) is 2.59. The Morgan fingerprint density at radius 1 is 1.17 bits per heavy atom. The standard InChI is InChI=1S/C15H16N3/c1-3-18-10-9-14-15(18)16-13(11-17(14)2)12-7-5-4-6-8-12/h4-11H,3H2,1-2H3/q+1. The summed E-state index contributed by atoms with van der Waals surface area (Å²) in [7, 11) is 2.07. The van der Waals surface area contributed by atoms with Gasteiger partial charge in [-0.2, -0.15) is 4.57 Å². The normalized spacial score (nSPS) is 11.0. The highest BCUT2D eigenvalue weighted by atomic mass is 15.1. The Morgan fingerprint density at radius 3 is 2.67 bits per heavy atom. The summed E-state index contributed by atoms with van der Waals surface area (Å²) in [6, 6.07) is 12.4. The van der Waals surface area contributed by atoms with E-state index < -0.39 is 0 Å². The van der Waals surface area contributed by atoms with E-state index in [9.17, 15) is 0 Å². The minimum atomic E-state index is 0.939. The zero-order valence-electron chi connectivity index (χ0n) is 10.7. The van der Waals surface area contributed by atoms with E-state index in [0.29, 0.717) is 0 Å². The highest BCUT2D eigenvalue weighted by molar-refractivity contribution is 5.71. The number of fused-ring (bicyclic) bond motifs is 1. The lowest BCUT2D eigenvalue weighted by Crippen LogP contribution is -2.29. The smallest absolute Gasteiger partial charge is 0.249 e. The third kappa shape index (κ3) is 1.68. The Bertz CT molecular complexity index is 684. The van der Waals surface area contributed by atoms with Crippen LogP contribution in [0.15, 0.2) is 48.8 Å². The topological polar surface area (TPSA) is 21.7 Å². The van der Waals surface area contributed by atoms with E-state index in [4.69, 9.17) is 4.98 Å². The predicted molar refractivity (Wildman–Crippen MR) is 72.0 cm³/mol. The summed E-state index contributed by atoms with van der Waals surface area (Å²) >= 11 is 0. The first kappa shape index (κ1) is 11.0. The van der Waals surface area contributed by atoms with Crippen molar-refractivity contribution in [3.05, 3.63) is 48.8 Å². The van der Waals surface area contributed by atoms with Crippen molar-refractivity contribution in [1.82, 2.24) is 9.55 Å². The maximum Gasteiger partial charge on any atom is 0.249 e. The fraction of sp³-hybridized carbons (Fsp3) is 0.200. The summed E-state index contributed by atoms with van der Waals surface area (Å²) < 4.78 is 4.30. The van der Waals surface area contributed by atoms with E-state index in [1.54, 1.807) is 0 Å². The van der Waals surface area contributed by atoms with Gasteiger partial charge in [-0.05, 0) is 6.92 Å². The molecule has 0 saturated carbocycles. The highest BCUT2D eigenvalue weighted by Crippen LogP contribution is 2.18. The van der Waals surface area contributed by atoms with Gasteiger partial charge >= 0.3 is 0 Å². The maximum atomic E-state index is 4.78. The van der Waals surface area contributed by atoms with Gasteiger partial charge in [0.05, 0.1) is 0 Å². The Balaban J connectivity index is 2.26. The van der Waals surface area contributed by atoms with E-state index in [0.717, 1.165) is 29.0 Å². The number of hydrogen-bond donors (Lipinski definition) is 0. The second-order valence-electron chi connectivity index (χ2n) is 4.41. The van der Waals surface area contributed by atoms with Crippen LogP contribution in [0.2, 0.25) is 0 Å². The van der Waals surface area contributed by atoms with Crippen molar-refractivity contribution < 1.29 is 4.57 Å². The molecular formula is C15H16N3+. The van der Waals surface area contributed by atoms with Crippen molar-refractivity contribution in [2.75, 3.05) is 0 Å². The molecule has 0 atom stereocenters. The molecule has 0 radical (unpaired) electrons. The Morgan fingerprint density at radius 2 is 1.94 bits per heavy atom. The van der Waals surface area contributed by atoms with Crippen LogP contribution in [0.4, 0.5) is 0 Å². The molecule has 3 aromatic rings. The summed E-state index contributed by atoms with van der Waals surface area (Å²) in [5.74, 6) is 0. The zero-order valence-corrected chi connectivity index (χ0v) is 10.7. The summed E-state index contributed by atoms with van der Waals surface area (Å²) in [4.78, 5) is 4.78. The minimum Gasteiger partial charge on any atom is -0.328 e. The van der Waals surface area contributed by atoms with E-state index >= 15 is 0 Å². The molecule has 0 unspecified atom stereocenters. The summed E-state index contributed by atoms with van der Waals surface area (Å²) in [6.45, 7) is 3.07. The third-order valence-corrected chi connectivity index (χ3v) is 3.25. The first-order chi connectivity index (χ1) is 8.79. The number of aromatic nitrogens is 3. The van der Waals surface area contributed by atoms with Crippen LogP contribution >= 0.6 is 0 Å². The lowest BCUT2D eigenvalue weighted by atomic mass is 10.2. The SMILES string of the molecule is CCn1ccc2c1nc(-c1ccccc1)c[n+]2C. The summed E-state index contributed by atoms with van der Waals surface area (Å²) in [6.07, 6.45) is 4.17. The van der Waals surface area contributed by atoms with Gasteiger partial charge in [0, 0.05) is 24.4 Å². The predicted octanol–water partition coefficient (Wildman–Crippen LogP) is 2.55. The first-order valence-corrected chi connectivity index (χ1v) is 6.20. The van der Waals surface area contributed by atoms with Gasteiger partial charge in [-0.25, -0.2) is 4.98 Å². The van der Waals surface area contributed by atoms with Gasteiger partial charge in [0.25, 0.3) is 0 Å². The van der Waals surface area contributed by atoms with Crippen LogP contribution in [0.5, 0.6) is 0 Å². The fourth-order valence-electron chi connectivity index (χ4n) is 2.25. The average molecular weight is 238 g/mol. The van der Waals surface area contributed by atoms with Crippen LogP contribution in [0.1, 0.15) is 6.92 Å². The van der Waals surface area contributed by atoms with Crippen molar-refractivity contribution in [3.8, 4) is 11.3 Å². The number of hydrogen-bond acceptors (Lipinski definition) is 1. The molecule has 0 amide bonds. The van der Waals surface area contributed by atoms with E-state index in [2.05, 4.69) is 53.7 Å². The quantitative estimate of drug-likeness (QED) is 0.629. The van der Waals surface area contributed by atoms with Gasteiger partial charge in [0.1, 0.15) is 12.7 Å². The second kappa shape index (κ2) is 4.26. The number of rotatable bonds is 2. The summed E-state index contributed by atoms with van der Waals surface area (Å²) in [5.41, 5.74) is 4.37. The number of aryl methyl sites for hydroxylation is 2. The molecule has 3 heteroatoms. The Labute approximate surface area is 106 Å². The van der Waals surface area contributed by atoms with Crippen molar-refractivity contribution in [2.24, 2.45) is 7.05 Å². The van der Waals surface area contributed by atoms with Gasteiger partial charge in [-0.3, -0.25) is 0 Å². The lowest BCUT2D eigenvalue weighted by Gasteiger charge is -2.02. The van der Waals surface area contributed by atoms with Gasteiger partial charge < -0.3 is 4.57 Å². The molecule has 0 bridgehead atoms. The molecule has 3 rings (SSSR count). The second-order valence-corrected chi connectivity index (χ2v) is 4.41. The number of benzene rings is 1. The Hall–Kier alpha value is -2.16. The molecule has 0 aliphatic carbocycles. The van der Waals surface area contributed by atoms with Crippen LogP contribution in [0, 0.1) is 0 Å². The molecule has 0 N–H and O–H groups in total. The van der Waals surface area contributed by atoms with Gasteiger partial charge in [-0.1, -0.05) is 30.3 Å². The molecule has 18 heavy (non-hydrogen) atoms. The zero-order chi connectivity index (χ0) is 12.5. The molecule has 0 saturated heterocycles. The van der Waals surface area contributed by atoms with Crippen LogP contribution in [-0.2, 0) is 13.6 Å². The van der Waals surface area contributed by atoms with Crippen molar-refractivity contribution in [1.29, 1.82) is 0 Å². The van der Waals surface area contributed by atoms with Crippen molar-refractivity contribution in [3.63, 3.8) is 0 Å². The van der Waals surface area contributed by atoms with E-state index in [-0.39, 0.29) is 0 Å². The monoisotopic (exact) mass is 238 g/mol. The van der Waals surface area contributed by atoms with Crippen LogP contribution in [0.25, 0.3) is 22.4 Å². The molecule has 1 aromatic carbocycles. The molecule has 0 spiro atoms. The third-order valence-electron chi connectivity index (χ3n) is 3.25. The molecule has 2 aromatic heterocycles. The van der Waals surface area contributed by atoms with Gasteiger partial charge in [0.15, 0.2) is 6.20 Å². The lowest BCUT2D eigenvalue weighted by molar-refractivity contribution is -0.644. The highest BCUT2D eigenvalue weighted by Gasteiger charge is 2.14. The molecule has 0 aliphatic rings. The average Bonchev–Trinajstić information content (AvgIpc) is 2.83. The molecular weight excluding hydrogens is 222 g/mol. The van der Waals surface area contributed by atoms with Gasteiger partial charge in [0.2, 0.25) is 11.2 Å². The van der Waals surface area contributed by atoms with E-state index in [1.165, 1.54) is 0 Å². The van der Waals surface area contributed by atoms with Crippen LogP contribution < -0.4 is 4.57 Å². The van der Waals surface area contributed by atoms with E-state index in [1.807, 2.05) is 18.2 Å². The molecule has 0 aliphatic heterocycles. The minimum absolute atomic E-state index is 0.939. The fourth-order valence-corrected chi connectivity index (χ4v) is 2.25. The van der Waals surface area contributed by atoms with Gasteiger partial charge in [-0.15, -0.1) is 0 Å². The van der Waals surface area contributed by atoms with Crippen LogP contribution in [-0.4, -0.2) is 9.55 Å². The molecule has 90 valence electrons. The summed E-state index contributed by atoms with van der Waals surface area (Å²) in [5, 5.41) is 0. The first-order valence-electron chi connectivity index (χ1n) is 6.20. The molecule has 3 nitrogen and oxygen atoms in total. The van der Waals surface area contributed by atoms with Crippen LogP contribution in [0.3, 0.4) is 0 Å². The molecule has 0 fully saturated rings. The maximum absolute atomic E-state index is 4.78. The largest absolute Gasteiger partial charge is 0.328 e. The van der Waals surface area contributed by atoms with Crippen molar-refractivity contribution >= 4 is 11.2 Å².